The molecule has 1 amide bonds. The van der Waals surface area contributed by atoms with Gasteiger partial charge in [0, 0.05) is 17.1 Å². The van der Waals surface area contributed by atoms with Crippen molar-refractivity contribution < 1.29 is 13.6 Å². The standard InChI is InChI=1S/C14H15BF2N3O/c1-7-4-8(2)19-10(7)5-11-14(17,6-12(18)21)13(16)9(3)20(11)15-19/h4-5H,6H2,1-3H3,(H2,18,21). The van der Waals surface area contributed by atoms with Gasteiger partial charge in [0.15, 0.2) is 5.83 Å². The maximum atomic E-state index is 15.1. The molecule has 2 N–H and O–H groups in total. The van der Waals surface area contributed by atoms with Gasteiger partial charge in [-0.15, -0.1) is 0 Å². The fourth-order valence-corrected chi connectivity index (χ4v) is 3.04. The number of nitrogens with zero attached hydrogens (tertiary/aromatic N) is 2. The lowest BCUT2D eigenvalue weighted by Gasteiger charge is -2.31. The summed E-state index contributed by atoms with van der Waals surface area (Å²) in [5.41, 5.74) is 5.56. The Morgan fingerprint density at radius 2 is 2.10 bits per heavy atom. The number of primary amides is 1. The van der Waals surface area contributed by atoms with E-state index in [1.807, 2.05) is 24.4 Å². The summed E-state index contributed by atoms with van der Waals surface area (Å²) in [5.74, 6) is -1.83. The van der Waals surface area contributed by atoms with Crippen LogP contribution in [-0.4, -0.2) is 28.4 Å². The van der Waals surface area contributed by atoms with Crippen LogP contribution in [0.4, 0.5) is 8.78 Å². The van der Waals surface area contributed by atoms with E-state index >= 15 is 4.39 Å². The van der Waals surface area contributed by atoms with Gasteiger partial charge in [-0.1, -0.05) is 0 Å². The third kappa shape index (κ3) is 1.76. The molecule has 0 spiro atoms. The van der Waals surface area contributed by atoms with Crippen molar-refractivity contribution >= 4 is 19.5 Å². The highest BCUT2D eigenvalue weighted by Gasteiger charge is 2.52. The van der Waals surface area contributed by atoms with Gasteiger partial charge in [-0.3, -0.25) is 4.79 Å². The van der Waals surface area contributed by atoms with Crippen LogP contribution >= 0.6 is 0 Å². The Labute approximate surface area is 122 Å². The molecule has 109 valence electrons. The monoisotopic (exact) mass is 290 g/mol. The highest BCUT2D eigenvalue weighted by molar-refractivity contribution is 6.34. The van der Waals surface area contributed by atoms with Gasteiger partial charge in [0.2, 0.25) is 11.6 Å². The normalized spacial score (nSPS) is 23.7. The number of aromatic nitrogens is 1. The van der Waals surface area contributed by atoms with Gasteiger partial charge < -0.3 is 15.0 Å². The molecule has 0 aromatic carbocycles. The summed E-state index contributed by atoms with van der Waals surface area (Å²) >= 11 is 0. The van der Waals surface area contributed by atoms with Crippen LogP contribution in [0.3, 0.4) is 0 Å². The topological polar surface area (TPSA) is 51.3 Å². The molecular weight excluding hydrogens is 275 g/mol. The molecule has 21 heavy (non-hydrogen) atoms. The van der Waals surface area contributed by atoms with Gasteiger partial charge in [0.25, 0.3) is 0 Å². The number of halogens is 2. The zero-order chi connectivity index (χ0) is 15.5. The first-order chi connectivity index (χ1) is 9.75. The van der Waals surface area contributed by atoms with E-state index in [1.54, 1.807) is 13.6 Å². The minimum atomic E-state index is -2.48. The smallest absolute Gasteiger partial charge is 0.372 e. The molecule has 4 nitrogen and oxygen atoms in total. The van der Waals surface area contributed by atoms with Gasteiger partial charge in [-0.05, 0) is 38.5 Å². The van der Waals surface area contributed by atoms with Crippen LogP contribution in [0.5, 0.6) is 0 Å². The van der Waals surface area contributed by atoms with Crippen LogP contribution < -0.4 is 5.73 Å². The van der Waals surface area contributed by atoms with Gasteiger partial charge in [0.05, 0.1) is 12.1 Å². The molecular formula is C14H15BF2N3O. The van der Waals surface area contributed by atoms with E-state index in [0.717, 1.165) is 17.0 Å². The predicted octanol–water partition coefficient (Wildman–Crippen LogP) is 1.94. The van der Waals surface area contributed by atoms with Gasteiger partial charge in [-0.2, -0.15) is 0 Å². The number of fused-ring (bicyclic) bond motifs is 2. The first kappa shape index (κ1) is 13.9. The highest BCUT2D eigenvalue weighted by atomic mass is 19.2. The maximum Gasteiger partial charge on any atom is 0.400 e. The zero-order valence-electron chi connectivity index (χ0n) is 12.1. The fraction of sp³-hybridized carbons (Fsp3) is 0.357. The summed E-state index contributed by atoms with van der Waals surface area (Å²) in [6.45, 7) is 5.31. The molecule has 1 radical (unpaired) electrons. The molecule has 0 bridgehead atoms. The third-order valence-corrected chi connectivity index (χ3v) is 4.08. The Kier molecular flexibility index (Phi) is 2.80. The van der Waals surface area contributed by atoms with Crippen molar-refractivity contribution in [2.45, 2.75) is 32.9 Å². The number of hydrogen-bond donors (Lipinski definition) is 1. The Balaban J connectivity index is 2.18. The molecule has 1 aromatic heterocycles. The van der Waals surface area contributed by atoms with Crippen molar-refractivity contribution in [3.8, 4) is 0 Å². The van der Waals surface area contributed by atoms with E-state index in [1.165, 1.54) is 11.7 Å². The van der Waals surface area contributed by atoms with Crippen LogP contribution in [0.1, 0.15) is 30.3 Å². The SMILES string of the molecule is CC1=C(F)C(F)(CC(N)=O)C2=Cc3c(C)cc(C)n3[B]N21. The molecule has 0 aliphatic carbocycles. The van der Waals surface area contributed by atoms with Crippen LogP contribution in [0, 0.1) is 13.8 Å². The Morgan fingerprint density at radius 1 is 1.43 bits per heavy atom. The summed E-state index contributed by atoms with van der Waals surface area (Å²) < 4.78 is 31.3. The Morgan fingerprint density at radius 3 is 2.71 bits per heavy atom. The maximum absolute atomic E-state index is 15.1. The summed E-state index contributed by atoms with van der Waals surface area (Å²) in [6, 6.07) is 1.97. The largest absolute Gasteiger partial charge is 0.400 e. The molecule has 0 saturated heterocycles. The number of alkyl halides is 1. The van der Waals surface area contributed by atoms with Gasteiger partial charge in [0.1, 0.15) is 0 Å². The van der Waals surface area contributed by atoms with Crippen molar-refractivity contribution in [2.24, 2.45) is 5.73 Å². The zero-order valence-corrected chi connectivity index (χ0v) is 12.1. The minimum Gasteiger partial charge on any atom is -0.372 e. The van der Waals surface area contributed by atoms with Crippen molar-refractivity contribution in [3.05, 3.63) is 40.2 Å². The van der Waals surface area contributed by atoms with Gasteiger partial charge >= 0.3 is 7.55 Å². The predicted molar refractivity (Wildman–Crippen MR) is 76.3 cm³/mol. The Bertz CT molecular complexity index is 722. The molecule has 0 saturated carbocycles. The number of hydrogen-bond acceptors (Lipinski definition) is 2. The van der Waals surface area contributed by atoms with E-state index in [-0.39, 0.29) is 11.4 Å². The second-order valence-electron chi connectivity index (χ2n) is 5.58. The van der Waals surface area contributed by atoms with E-state index < -0.39 is 23.8 Å². The number of nitrogens with two attached hydrogens (primary N) is 1. The van der Waals surface area contributed by atoms with E-state index in [0.29, 0.717) is 0 Å². The second-order valence-corrected chi connectivity index (χ2v) is 5.58. The van der Waals surface area contributed by atoms with Crippen molar-refractivity contribution in [1.82, 2.24) is 9.29 Å². The molecule has 3 rings (SSSR count). The average molecular weight is 290 g/mol. The number of rotatable bonds is 2. The fourth-order valence-electron chi connectivity index (χ4n) is 3.04. The van der Waals surface area contributed by atoms with E-state index in [2.05, 4.69) is 0 Å². The average Bonchev–Trinajstić information content (AvgIpc) is 2.77. The molecule has 7 heteroatoms. The molecule has 1 aromatic rings. The molecule has 2 aliphatic heterocycles. The second kappa shape index (κ2) is 4.22. The molecule has 1 atom stereocenters. The first-order valence-corrected chi connectivity index (χ1v) is 6.64. The summed E-state index contributed by atoms with van der Waals surface area (Å²) in [5, 5.41) is 0. The lowest BCUT2D eigenvalue weighted by atomic mass is 9.91. The van der Waals surface area contributed by atoms with Crippen molar-refractivity contribution in [3.63, 3.8) is 0 Å². The quantitative estimate of drug-likeness (QED) is 0.846. The van der Waals surface area contributed by atoms with E-state index in [9.17, 15) is 9.18 Å². The lowest BCUT2D eigenvalue weighted by molar-refractivity contribution is -0.119. The van der Waals surface area contributed by atoms with Crippen LogP contribution in [-0.2, 0) is 4.79 Å². The molecule has 1 unspecified atom stereocenters. The van der Waals surface area contributed by atoms with E-state index in [4.69, 9.17) is 5.73 Å². The number of allylic oxidation sites excluding steroid dienone is 2. The van der Waals surface area contributed by atoms with Crippen molar-refractivity contribution in [1.29, 1.82) is 0 Å². The van der Waals surface area contributed by atoms with Crippen LogP contribution in [0.2, 0.25) is 0 Å². The molecule has 3 heterocycles. The van der Waals surface area contributed by atoms with Crippen molar-refractivity contribution in [2.75, 3.05) is 0 Å². The third-order valence-electron chi connectivity index (χ3n) is 4.08. The van der Waals surface area contributed by atoms with Crippen LogP contribution in [0.25, 0.3) is 6.08 Å². The number of aryl methyl sites for hydroxylation is 2. The molecule has 2 aliphatic rings. The summed E-state index contributed by atoms with van der Waals surface area (Å²) in [6.07, 6.45) is 0.881. The number of amides is 1. The first-order valence-electron chi connectivity index (χ1n) is 6.64. The lowest BCUT2D eigenvalue weighted by Crippen LogP contribution is -2.39. The highest BCUT2D eigenvalue weighted by Crippen LogP contribution is 2.48. The van der Waals surface area contributed by atoms with Crippen LogP contribution in [0.15, 0.2) is 23.3 Å². The Hall–Kier alpha value is -2.05. The number of carbonyl (C=O) groups is 1. The number of carbonyl (C=O) groups excluding carboxylic acids is 1. The molecule has 0 fully saturated rings. The van der Waals surface area contributed by atoms with Gasteiger partial charge in [-0.25, -0.2) is 8.78 Å². The summed E-state index contributed by atoms with van der Waals surface area (Å²) in [7, 11) is 1.64. The minimum absolute atomic E-state index is 0.102. The summed E-state index contributed by atoms with van der Waals surface area (Å²) in [4.78, 5) is 12.6.